The number of nitrogens with one attached hydrogen (secondary N) is 2. The van der Waals surface area contributed by atoms with Crippen molar-refractivity contribution in [2.45, 2.75) is 39.7 Å². The fourth-order valence-corrected chi connectivity index (χ4v) is 1.71. The van der Waals surface area contributed by atoms with Crippen LogP contribution in [0.2, 0.25) is 0 Å². The Balaban J connectivity index is 2.87. The Morgan fingerprint density at radius 3 is 2.45 bits per heavy atom. The summed E-state index contributed by atoms with van der Waals surface area (Å²) in [5, 5.41) is 5.90. The van der Waals surface area contributed by atoms with E-state index >= 15 is 0 Å². The number of hydrogen-bond donors (Lipinski definition) is 3. The van der Waals surface area contributed by atoms with E-state index in [0.29, 0.717) is 5.56 Å². The van der Waals surface area contributed by atoms with Crippen LogP contribution in [-0.2, 0) is 4.79 Å². The van der Waals surface area contributed by atoms with Gasteiger partial charge in [0, 0.05) is 17.8 Å². The molecule has 0 saturated heterocycles. The number of primary amides is 1. The van der Waals surface area contributed by atoms with Crippen LogP contribution in [0.4, 0.5) is 5.69 Å². The maximum absolute atomic E-state index is 12.2. The Hall–Kier alpha value is -2.04. The van der Waals surface area contributed by atoms with Gasteiger partial charge >= 0.3 is 0 Å². The standard InChI is InChI=1S/C15H23N3O2/c1-5-8-17-11-6-7-12(10(2)9-11)13(19)18-15(3,4)14(16)20/h6-7,9,17H,5,8H2,1-4H3,(H2,16,20)(H,18,19). The summed E-state index contributed by atoms with van der Waals surface area (Å²) < 4.78 is 0. The number of carbonyl (C=O) groups excluding carboxylic acids is 2. The van der Waals surface area contributed by atoms with Crippen LogP contribution in [0, 0.1) is 6.92 Å². The molecule has 5 heteroatoms. The highest BCUT2D eigenvalue weighted by Gasteiger charge is 2.27. The Morgan fingerprint density at radius 2 is 1.95 bits per heavy atom. The first-order valence-electron chi connectivity index (χ1n) is 6.75. The van der Waals surface area contributed by atoms with E-state index < -0.39 is 11.4 Å². The third-order valence-electron chi connectivity index (χ3n) is 3.09. The molecule has 0 saturated carbocycles. The molecule has 0 radical (unpaired) electrons. The number of rotatable bonds is 6. The lowest BCUT2D eigenvalue weighted by Crippen LogP contribution is -2.53. The van der Waals surface area contributed by atoms with Crippen molar-refractivity contribution >= 4 is 17.5 Å². The number of amides is 2. The SMILES string of the molecule is CCCNc1ccc(C(=O)NC(C)(C)C(N)=O)c(C)c1. The van der Waals surface area contributed by atoms with E-state index in [1.54, 1.807) is 19.9 Å². The summed E-state index contributed by atoms with van der Waals surface area (Å²) in [7, 11) is 0. The third kappa shape index (κ3) is 3.98. The predicted octanol–water partition coefficient (Wildman–Crippen LogP) is 1.81. The minimum absolute atomic E-state index is 0.298. The summed E-state index contributed by atoms with van der Waals surface area (Å²) in [6.45, 7) is 8.01. The van der Waals surface area contributed by atoms with Gasteiger partial charge < -0.3 is 16.4 Å². The Kier molecular flexibility index (Phi) is 5.13. The lowest BCUT2D eigenvalue weighted by molar-refractivity contribution is -0.122. The molecule has 4 N–H and O–H groups in total. The van der Waals surface area contributed by atoms with Gasteiger partial charge in [-0.25, -0.2) is 0 Å². The molecule has 1 aromatic carbocycles. The molecule has 2 amide bonds. The monoisotopic (exact) mass is 277 g/mol. The molecule has 0 spiro atoms. The van der Waals surface area contributed by atoms with Crippen LogP contribution in [0.1, 0.15) is 43.1 Å². The van der Waals surface area contributed by atoms with E-state index in [4.69, 9.17) is 5.73 Å². The number of nitrogens with two attached hydrogens (primary N) is 1. The Morgan fingerprint density at radius 1 is 1.30 bits per heavy atom. The molecule has 0 aliphatic heterocycles. The Bertz CT molecular complexity index is 510. The molecule has 0 atom stereocenters. The summed E-state index contributed by atoms with van der Waals surface area (Å²) >= 11 is 0. The molecule has 110 valence electrons. The van der Waals surface area contributed by atoms with Gasteiger partial charge in [-0.05, 0) is 51.0 Å². The van der Waals surface area contributed by atoms with Gasteiger partial charge in [-0.3, -0.25) is 9.59 Å². The van der Waals surface area contributed by atoms with Crippen LogP contribution in [0.15, 0.2) is 18.2 Å². The lowest BCUT2D eigenvalue weighted by Gasteiger charge is -2.22. The second-order valence-corrected chi connectivity index (χ2v) is 5.40. The van der Waals surface area contributed by atoms with Crippen LogP contribution in [0.25, 0.3) is 0 Å². The number of aryl methyl sites for hydroxylation is 1. The van der Waals surface area contributed by atoms with Gasteiger partial charge in [-0.2, -0.15) is 0 Å². The molecule has 0 aromatic heterocycles. The van der Waals surface area contributed by atoms with Crippen molar-refractivity contribution in [2.75, 3.05) is 11.9 Å². The number of carbonyl (C=O) groups is 2. The second-order valence-electron chi connectivity index (χ2n) is 5.40. The minimum Gasteiger partial charge on any atom is -0.385 e. The van der Waals surface area contributed by atoms with Crippen molar-refractivity contribution in [2.24, 2.45) is 5.73 Å². The minimum atomic E-state index is -1.07. The van der Waals surface area contributed by atoms with Crippen LogP contribution in [0.3, 0.4) is 0 Å². The summed E-state index contributed by atoms with van der Waals surface area (Å²) in [5.41, 5.74) is 6.56. The molecule has 1 rings (SSSR count). The van der Waals surface area contributed by atoms with Crippen molar-refractivity contribution in [1.82, 2.24) is 5.32 Å². The van der Waals surface area contributed by atoms with Gasteiger partial charge in [-0.15, -0.1) is 0 Å². The molecular weight excluding hydrogens is 254 g/mol. The zero-order chi connectivity index (χ0) is 15.3. The molecule has 0 aliphatic rings. The van der Waals surface area contributed by atoms with Gasteiger partial charge in [0.05, 0.1) is 0 Å². The maximum Gasteiger partial charge on any atom is 0.252 e. The van der Waals surface area contributed by atoms with Crippen LogP contribution < -0.4 is 16.4 Å². The summed E-state index contributed by atoms with van der Waals surface area (Å²) in [6.07, 6.45) is 1.04. The molecule has 0 bridgehead atoms. The van der Waals surface area contributed by atoms with Crippen LogP contribution >= 0.6 is 0 Å². The van der Waals surface area contributed by atoms with Gasteiger partial charge in [-0.1, -0.05) is 6.92 Å². The highest BCUT2D eigenvalue weighted by atomic mass is 16.2. The summed E-state index contributed by atoms with van der Waals surface area (Å²) in [4.78, 5) is 23.4. The molecule has 0 fully saturated rings. The highest BCUT2D eigenvalue weighted by molar-refractivity contribution is 5.99. The van der Waals surface area contributed by atoms with E-state index in [1.165, 1.54) is 0 Å². The third-order valence-corrected chi connectivity index (χ3v) is 3.09. The van der Waals surface area contributed by atoms with E-state index in [2.05, 4.69) is 17.6 Å². The van der Waals surface area contributed by atoms with Crippen molar-refractivity contribution in [1.29, 1.82) is 0 Å². The van der Waals surface area contributed by atoms with E-state index in [-0.39, 0.29) is 5.91 Å². The molecule has 0 aliphatic carbocycles. The molecule has 5 nitrogen and oxygen atoms in total. The average molecular weight is 277 g/mol. The van der Waals surface area contributed by atoms with Gasteiger partial charge in [0.25, 0.3) is 5.91 Å². The fourth-order valence-electron chi connectivity index (χ4n) is 1.71. The molecule has 0 heterocycles. The van der Waals surface area contributed by atoms with Gasteiger partial charge in [0.1, 0.15) is 5.54 Å². The van der Waals surface area contributed by atoms with E-state index in [9.17, 15) is 9.59 Å². The van der Waals surface area contributed by atoms with Gasteiger partial charge in [0.15, 0.2) is 0 Å². The van der Waals surface area contributed by atoms with Crippen molar-refractivity contribution < 1.29 is 9.59 Å². The highest BCUT2D eigenvalue weighted by Crippen LogP contribution is 2.16. The number of benzene rings is 1. The summed E-state index contributed by atoms with van der Waals surface area (Å²) in [6, 6.07) is 5.52. The van der Waals surface area contributed by atoms with Gasteiger partial charge in [0.2, 0.25) is 5.91 Å². The van der Waals surface area contributed by atoms with E-state index in [1.807, 2.05) is 19.1 Å². The number of hydrogen-bond acceptors (Lipinski definition) is 3. The van der Waals surface area contributed by atoms with Crippen LogP contribution in [-0.4, -0.2) is 23.9 Å². The first-order chi connectivity index (χ1) is 9.27. The first-order valence-corrected chi connectivity index (χ1v) is 6.75. The predicted molar refractivity (Wildman–Crippen MR) is 80.7 cm³/mol. The number of anilines is 1. The largest absolute Gasteiger partial charge is 0.385 e. The van der Waals surface area contributed by atoms with Crippen LogP contribution in [0.5, 0.6) is 0 Å². The smallest absolute Gasteiger partial charge is 0.252 e. The maximum atomic E-state index is 12.2. The fraction of sp³-hybridized carbons (Fsp3) is 0.467. The molecule has 20 heavy (non-hydrogen) atoms. The van der Waals surface area contributed by atoms with Crippen molar-refractivity contribution in [3.63, 3.8) is 0 Å². The zero-order valence-corrected chi connectivity index (χ0v) is 12.5. The Labute approximate surface area is 119 Å². The van der Waals surface area contributed by atoms with Crippen molar-refractivity contribution in [3.8, 4) is 0 Å². The first kappa shape index (κ1) is 16.0. The van der Waals surface area contributed by atoms with Crippen molar-refractivity contribution in [3.05, 3.63) is 29.3 Å². The molecule has 0 unspecified atom stereocenters. The lowest BCUT2D eigenvalue weighted by atomic mass is 10.0. The zero-order valence-electron chi connectivity index (χ0n) is 12.5. The molecule has 1 aromatic rings. The topological polar surface area (TPSA) is 84.2 Å². The normalized spacial score (nSPS) is 11.0. The quantitative estimate of drug-likeness (QED) is 0.741. The average Bonchev–Trinajstić information content (AvgIpc) is 2.35. The molecular formula is C15H23N3O2. The second kappa shape index (κ2) is 6.41. The van der Waals surface area contributed by atoms with E-state index in [0.717, 1.165) is 24.2 Å². The summed E-state index contributed by atoms with van der Waals surface area (Å²) in [5.74, 6) is -0.863.